The van der Waals surface area contributed by atoms with E-state index < -0.39 is 17.9 Å². The summed E-state index contributed by atoms with van der Waals surface area (Å²) in [7, 11) is 0. The molecule has 0 radical (unpaired) electrons. The molecule has 0 rings (SSSR count). The lowest BCUT2D eigenvalue weighted by atomic mass is 10.0. The molecule has 2 amide bonds. The Labute approximate surface area is 151 Å². The van der Waals surface area contributed by atoms with Gasteiger partial charge in [0.1, 0.15) is 6.04 Å². The Balaban J connectivity index is 3.58. The lowest BCUT2D eigenvalue weighted by Crippen LogP contribution is -2.41. The molecule has 0 fully saturated rings. The van der Waals surface area contributed by atoms with E-state index in [9.17, 15) is 14.4 Å². The standard InChI is InChI=1S/C19H36N2O4/c1-2-3-4-5-6-7-8-9-10-11-12-13-18(23)21-16(19(24)25)14-15-17(20)22/h16H,2-15H2,1H3,(H2,20,22)(H,21,23)(H,24,25)/t16-/m0/s1. The highest BCUT2D eigenvalue weighted by Crippen LogP contribution is 2.12. The minimum absolute atomic E-state index is 0.0364. The zero-order chi connectivity index (χ0) is 18.9. The molecule has 0 aromatic rings. The maximum Gasteiger partial charge on any atom is 0.326 e. The second-order valence-corrected chi connectivity index (χ2v) is 6.75. The SMILES string of the molecule is CCCCCCCCCCCCCC(=O)N[C@@H](CCC(N)=O)C(=O)O. The Morgan fingerprint density at radius 1 is 0.840 bits per heavy atom. The molecule has 25 heavy (non-hydrogen) atoms. The van der Waals surface area contributed by atoms with Gasteiger partial charge in [-0.1, -0.05) is 71.1 Å². The molecule has 1 atom stereocenters. The van der Waals surface area contributed by atoms with Crippen molar-refractivity contribution in [3.05, 3.63) is 0 Å². The van der Waals surface area contributed by atoms with Gasteiger partial charge in [-0.3, -0.25) is 9.59 Å². The van der Waals surface area contributed by atoms with Gasteiger partial charge in [-0.15, -0.1) is 0 Å². The molecule has 0 aliphatic rings. The van der Waals surface area contributed by atoms with E-state index in [1.807, 2.05) is 0 Å². The van der Waals surface area contributed by atoms with Crippen molar-refractivity contribution in [1.82, 2.24) is 5.32 Å². The summed E-state index contributed by atoms with van der Waals surface area (Å²) < 4.78 is 0. The molecule has 0 aromatic carbocycles. The number of primary amides is 1. The van der Waals surface area contributed by atoms with Crippen LogP contribution in [-0.2, 0) is 14.4 Å². The van der Waals surface area contributed by atoms with Gasteiger partial charge in [-0.25, -0.2) is 4.79 Å². The molecule has 0 spiro atoms. The summed E-state index contributed by atoms with van der Waals surface area (Å²) in [6, 6.07) is -1.03. The van der Waals surface area contributed by atoms with Crippen molar-refractivity contribution in [3.63, 3.8) is 0 Å². The van der Waals surface area contributed by atoms with Crippen LogP contribution in [0.25, 0.3) is 0 Å². The van der Waals surface area contributed by atoms with Crippen molar-refractivity contribution in [1.29, 1.82) is 0 Å². The number of hydrogen-bond acceptors (Lipinski definition) is 3. The number of carbonyl (C=O) groups is 3. The van der Waals surface area contributed by atoms with Crippen LogP contribution in [0.3, 0.4) is 0 Å². The Hall–Kier alpha value is -1.59. The van der Waals surface area contributed by atoms with E-state index in [1.54, 1.807) is 0 Å². The van der Waals surface area contributed by atoms with Crippen LogP contribution >= 0.6 is 0 Å². The molecule has 4 N–H and O–H groups in total. The molecule has 0 aliphatic heterocycles. The first kappa shape index (κ1) is 23.4. The zero-order valence-corrected chi connectivity index (χ0v) is 15.7. The van der Waals surface area contributed by atoms with Crippen LogP contribution in [0.5, 0.6) is 0 Å². The fourth-order valence-corrected chi connectivity index (χ4v) is 2.76. The van der Waals surface area contributed by atoms with Crippen LogP contribution in [0, 0.1) is 0 Å². The van der Waals surface area contributed by atoms with E-state index >= 15 is 0 Å². The van der Waals surface area contributed by atoms with Crippen LogP contribution in [0.4, 0.5) is 0 Å². The topological polar surface area (TPSA) is 109 Å². The summed E-state index contributed by atoms with van der Waals surface area (Å²) in [5.74, 6) is -1.97. The highest BCUT2D eigenvalue weighted by molar-refractivity contribution is 5.84. The average Bonchev–Trinajstić information content (AvgIpc) is 2.56. The maximum atomic E-state index is 11.8. The number of hydrogen-bond donors (Lipinski definition) is 3. The second kappa shape index (κ2) is 15.9. The summed E-state index contributed by atoms with van der Waals surface area (Å²) in [5.41, 5.74) is 5.01. The van der Waals surface area contributed by atoms with Gasteiger partial charge in [0.25, 0.3) is 0 Å². The highest BCUT2D eigenvalue weighted by atomic mass is 16.4. The van der Waals surface area contributed by atoms with Gasteiger partial charge in [0.2, 0.25) is 11.8 Å². The van der Waals surface area contributed by atoms with Crippen molar-refractivity contribution in [3.8, 4) is 0 Å². The number of carboxylic acid groups (broad SMARTS) is 1. The van der Waals surface area contributed by atoms with Crippen molar-refractivity contribution < 1.29 is 19.5 Å². The fraction of sp³-hybridized carbons (Fsp3) is 0.842. The van der Waals surface area contributed by atoms with E-state index in [1.165, 1.54) is 51.4 Å². The highest BCUT2D eigenvalue weighted by Gasteiger charge is 2.20. The zero-order valence-electron chi connectivity index (χ0n) is 15.7. The smallest absolute Gasteiger partial charge is 0.326 e. The third-order valence-electron chi connectivity index (χ3n) is 4.32. The lowest BCUT2D eigenvalue weighted by molar-refractivity contribution is -0.142. The molecular weight excluding hydrogens is 320 g/mol. The van der Waals surface area contributed by atoms with Gasteiger partial charge in [-0.05, 0) is 12.8 Å². The first-order chi connectivity index (χ1) is 12.0. The first-order valence-electron chi connectivity index (χ1n) is 9.77. The van der Waals surface area contributed by atoms with E-state index in [0.29, 0.717) is 6.42 Å². The quantitative estimate of drug-likeness (QED) is 0.346. The van der Waals surface area contributed by atoms with Crippen molar-refractivity contribution >= 4 is 17.8 Å². The Bertz CT molecular complexity index is 386. The molecule has 0 bridgehead atoms. The Kier molecular flexibility index (Phi) is 14.9. The third-order valence-corrected chi connectivity index (χ3v) is 4.32. The number of carboxylic acids is 1. The Morgan fingerprint density at radius 2 is 1.32 bits per heavy atom. The molecule has 6 nitrogen and oxygen atoms in total. The van der Waals surface area contributed by atoms with E-state index in [4.69, 9.17) is 10.8 Å². The summed E-state index contributed by atoms with van der Waals surface area (Å²) in [4.78, 5) is 33.5. The monoisotopic (exact) mass is 356 g/mol. The summed E-state index contributed by atoms with van der Waals surface area (Å²) >= 11 is 0. The van der Waals surface area contributed by atoms with Gasteiger partial charge in [0.05, 0.1) is 0 Å². The molecule has 0 heterocycles. The van der Waals surface area contributed by atoms with Crippen LogP contribution in [0.1, 0.15) is 96.8 Å². The van der Waals surface area contributed by atoms with Crippen LogP contribution in [0.2, 0.25) is 0 Å². The first-order valence-corrected chi connectivity index (χ1v) is 9.77. The number of nitrogens with two attached hydrogens (primary N) is 1. The van der Waals surface area contributed by atoms with Gasteiger partial charge < -0.3 is 16.2 Å². The van der Waals surface area contributed by atoms with Gasteiger partial charge >= 0.3 is 5.97 Å². The predicted octanol–water partition coefficient (Wildman–Crippen LogP) is 3.52. The molecule has 0 unspecified atom stereocenters. The lowest BCUT2D eigenvalue weighted by Gasteiger charge is -2.13. The number of unbranched alkanes of at least 4 members (excludes halogenated alkanes) is 10. The average molecular weight is 357 g/mol. The van der Waals surface area contributed by atoms with Crippen molar-refractivity contribution in [2.45, 2.75) is 103 Å². The largest absolute Gasteiger partial charge is 0.480 e. The normalized spacial score (nSPS) is 11.9. The van der Waals surface area contributed by atoms with Crippen LogP contribution in [-0.4, -0.2) is 28.9 Å². The minimum Gasteiger partial charge on any atom is -0.480 e. The Morgan fingerprint density at radius 3 is 1.76 bits per heavy atom. The van der Waals surface area contributed by atoms with Crippen LogP contribution < -0.4 is 11.1 Å². The number of aliphatic carboxylic acids is 1. The van der Waals surface area contributed by atoms with Crippen molar-refractivity contribution in [2.24, 2.45) is 5.73 Å². The number of amides is 2. The number of nitrogens with one attached hydrogen (secondary N) is 1. The summed E-state index contributed by atoms with van der Waals surface area (Å²) in [6.07, 6.45) is 13.6. The van der Waals surface area contributed by atoms with Gasteiger partial charge in [0, 0.05) is 12.8 Å². The maximum absolute atomic E-state index is 11.8. The summed E-state index contributed by atoms with van der Waals surface area (Å²) in [5, 5.41) is 11.5. The molecular formula is C19H36N2O4. The molecule has 0 aromatic heterocycles. The van der Waals surface area contributed by atoms with E-state index in [-0.39, 0.29) is 18.7 Å². The third kappa shape index (κ3) is 15.7. The van der Waals surface area contributed by atoms with Crippen LogP contribution in [0.15, 0.2) is 0 Å². The number of carbonyl (C=O) groups excluding carboxylic acids is 2. The number of rotatable bonds is 17. The molecule has 0 saturated carbocycles. The molecule has 0 aliphatic carbocycles. The minimum atomic E-state index is -1.13. The van der Waals surface area contributed by atoms with E-state index in [2.05, 4.69) is 12.2 Å². The molecule has 0 saturated heterocycles. The summed E-state index contributed by atoms with van der Waals surface area (Å²) in [6.45, 7) is 2.23. The predicted molar refractivity (Wildman–Crippen MR) is 99.1 cm³/mol. The second-order valence-electron chi connectivity index (χ2n) is 6.75. The van der Waals surface area contributed by atoms with E-state index in [0.717, 1.165) is 19.3 Å². The fourth-order valence-electron chi connectivity index (χ4n) is 2.76. The molecule has 6 heteroatoms. The molecule has 146 valence electrons. The van der Waals surface area contributed by atoms with Gasteiger partial charge in [-0.2, -0.15) is 0 Å². The van der Waals surface area contributed by atoms with Crippen molar-refractivity contribution in [2.75, 3.05) is 0 Å². The van der Waals surface area contributed by atoms with Gasteiger partial charge in [0.15, 0.2) is 0 Å².